The summed E-state index contributed by atoms with van der Waals surface area (Å²) in [7, 11) is 0. The first-order valence-electron chi connectivity index (χ1n) is 7.66. The fourth-order valence-corrected chi connectivity index (χ4v) is 4.45. The largest absolute Gasteiger partial charge is 0.340 e. The average molecular weight is 298 g/mol. The fourth-order valence-electron chi connectivity index (χ4n) is 3.46. The molecular formula is C15H26N2O2S. The lowest BCUT2D eigenvalue weighted by molar-refractivity contribution is -0.157. The Balaban J connectivity index is 2.34. The number of nitrogens with zero attached hydrogens (tertiary/aromatic N) is 1. The van der Waals surface area contributed by atoms with Crippen molar-refractivity contribution in [1.29, 1.82) is 0 Å². The maximum atomic E-state index is 12.9. The van der Waals surface area contributed by atoms with E-state index in [1.807, 2.05) is 37.4 Å². The Morgan fingerprint density at radius 3 is 2.60 bits per heavy atom. The van der Waals surface area contributed by atoms with Crippen LogP contribution >= 0.6 is 11.8 Å². The minimum atomic E-state index is -0.728. The number of rotatable bonds is 4. The minimum absolute atomic E-state index is 0.0169. The van der Waals surface area contributed by atoms with E-state index in [-0.39, 0.29) is 23.9 Å². The van der Waals surface area contributed by atoms with Gasteiger partial charge in [-0.15, -0.1) is 0 Å². The summed E-state index contributed by atoms with van der Waals surface area (Å²) in [5, 5.41) is 3.41. The molecule has 1 N–H and O–H groups in total. The number of nitrogens with one attached hydrogen (secondary N) is 1. The Morgan fingerprint density at radius 1 is 1.35 bits per heavy atom. The molecule has 2 aliphatic rings. The second kappa shape index (κ2) is 5.96. The van der Waals surface area contributed by atoms with E-state index in [9.17, 15) is 9.59 Å². The lowest BCUT2D eigenvalue weighted by Crippen LogP contribution is -2.71. The summed E-state index contributed by atoms with van der Waals surface area (Å²) in [6, 6.07) is -0.0701. The van der Waals surface area contributed by atoms with Crippen LogP contribution in [0.2, 0.25) is 0 Å². The van der Waals surface area contributed by atoms with Gasteiger partial charge in [0.2, 0.25) is 11.8 Å². The van der Waals surface area contributed by atoms with Crippen LogP contribution in [0.15, 0.2) is 0 Å². The molecule has 4 unspecified atom stereocenters. The van der Waals surface area contributed by atoms with E-state index < -0.39 is 5.54 Å². The van der Waals surface area contributed by atoms with Crippen LogP contribution in [0, 0.1) is 0 Å². The standard InChI is InChI=1S/C15H26N2O2S/c1-5-10-13(18)16-15(3,6-2)14(19)17(10)11-8-7-9-12(11)20-4/h10-12H,5-9H2,1-4H3,(H,16,18). The molecule has 0 bridgehead atoms. The van der Waals surface area contributed by atoms with Crippen molar-refractivity contribution < 1.29 is 9.59 Å². The Hall–Kier alpha value is -0.710. The minimum Gasteiger partial charge on any atom is -0.340 e. The Morgan fingerprint density at radius 2 is 2.05 bits per heavy atom. The van der Waals surface area contributed by atoms with Crippen LogP contribution in [-0.2, 0) is 9.59 Å². The van der Waals surface area contributed by atoms with Crippen LogP contribution < -0.4 is 5.32 Å². The van der Waals surface area contributed by atoms with E-state index in [2.05, 4.69) is 11.6 Å². The molecule has 114 valence electrons. The van der Waals surface area contributed by atoms with Crippen LogP contribution in [0.5, 0.6) is 0 Å². The first kappa shape index (κ1) is 15.7. The highest BCUT2D eigenvalue weighted by molar-refractivity contribution is 7.99. The SMILES string of the molecule is CCC1C(=O)NC(C)(CC)C(=O)N1C1CCCC1SC. The van der Waals surface area contributed by atoms with Crippen molar-refractivity contribution >= 4 is 23.6 Å². The van der Waals surface area contributed by atoms with Gasteiger partial charge < -0.3 is 10.2 Å². The Bertz CT molecular complexity index is 401. The van der Waals surface area contributed by atoms with Gasteiger partial charge in [0, 0.05) is 11.3 Å². The van der Waals surface area contributed by atoms with Crippen molar-refractivity contribution in [2.45, 2.75) is 75.7 Å². The third-order valence-electron chi connectivity index (χ3n) is 4.92. The van der Waals surface area contributed by atoms with Crippen molar-refractivity contribution in [3.63, 3.8) is 0 Å². The number of hydrogen-bond donors (Lipinski definition) is 1. The Labute approximate surface area is 126 Å². The first-order chi connectivity index (χ1) is 9.48. The van der Waals surface area contributed by atoms with Crippen molar-refractivity contribution in [2.75, 3.05) is 6.26 Å². The number of carbonyl (C=O) groups excluding carboxylic acids is 2. The molecule has 2 rings (SSSR count). The van der Waals surface area contributed by atoms with Crippen molar-refractivity contribution in [1.82, 2.24) is 10.2 Å². The predicted molar refractivity (Wildman–Crippen MR) is 82.7 cm³/mol. The van der Waals surface area contributed by atoms with Gasteiger partial charge in [0.25, 0.3) is 0 Å². The van der Waals surface area contributed by atoms with Crippen molar-refractivity contribution in [2.24, 2.45) is 0 Å². The smallest absolute Gasteiger partial charge is 0.248 e. The molecule has 0 aromatic rings. The maximum Gasteiger partial charge on any atom is 0.248 e. The highest BCUT2D eigenvalue weighted by atomic mass is 32.2. The molecule has 1 saturated carbocycles. The van der Waals surface area contributed by atoms with E-state index in [0.29, 0.717) is 18.1 Å². The van der Waals surface area contributed by atoms with E-state index >= 15 is 0 Å². The predicted octanol–water partition coefficient (Wildman–Crippen LogP) is 2.18. The highest BCUT2D eigenvalue weighted by Crippen LogP contribution is 2.36. The highest BCUT2D eigenvalue weighted by Gasteiger charge is 2.50. The number of thioether (sulfide) groups is 1. The topological polar surface area (TPSA) is 49.4 Å². The number of amides is 2. The molecule has 5 heteroatoms. The second-order valence-corrected chi connectivity index (χ2v) is 7.16. The third kappa shape index (κ3) is 2.45. The van der Waals surface area contributed by atoms with Gasteiger partial charge in [0.1, 0.15) is 11.6 Å². The summed E-state index contributed by atoms with van der Waals surface area (Å²) < 4.78 is 0. The molecule has 1 heterocycles. The molecule has 0 aromatic heterocycles. The molecule has 1 aliphatic heterocycles. The van der Waals surface area contributed by atoms with Crippen LogP contribution in [0.4, 0.5) is 0 Å². The molecule has 2 amide bonds. The average Bonchev–Trinajstić information content (AvgIpc) is 2.90. The summed E-state index contributed by atoms with van der Waals surface area (Å²) in [5.74, 6) is 0.126. The summed E-state index contributed by atoms with van der Waals surface area (Å²) in [5.41, 5.74) is -0.728. The molecule has 1 aliphatic carbocycles. The lowest BCUT2D eigenvalue weighted by atomic mass is 9.89. The fraction of sp³-hybridized carbons (Fsp3) is 0.867. The molecule has 4 atom stereocenters. The van der Waals surface area contributed by atoms with Crippen molar-refractivity contribution in [3.8, 4) is 0 Å². The van der Waals surface area contributed by atoms with E-state index in [0.717, 1.165) is 19.3 Å². The van der Waals surface area contributed by atoms with Crippen molar-refractivity contribution in [3.05, 3.63) is 0 Å². The molecular weight excluding hydrogens is 272 g/mol. The maximum absolute atomic E-state index is 12.9. The monoisotopic (exact) mass is 298 g/mol. The third-order valence-corrected chi connectivity index (χ3v) is 6.07. The summed E-state index contributed by atoms with van der Waals surface area (Å²) in [6.07, 6.45) is 6.77. The lowest BCUT2D eigenvalue weighted by Gasteiger charge is -2.47. The zero-order valence-electron chi connectivity index (χ0n) is 12.9. The van der Waals surface area contributed by atoms with Gasteiger partial charge in [-0.05, 0) is 38.9 Å². The van der Waals surface area contributed by atoms with Gasteiger partial charge in [-0.2, -0.15) is 11.8 Å². The normalized spacial score (nSPS) is 38.2. The summed E-state index contributed by atoms with van der Waals surface area (Å²) in [4.78, 5) is 27.3. The van der Waals surface area contributed by atoms with Gasteiger partial charge in [-0.1, -0.05) is 20.3 Å². The number of piperazine rings is 1. The molecule has 0 radical (unpaired) electrons. The van der Waals surface area contributed by atoms with Gasteiger partial charge in [-0.25, -0.2) is 0 Å². The molecule has 1 saturated heterocycles. The first-order valence-corrected chi connectivity index (χ1v) is 8.94. The van der Waals surface area contributed by atoms with Crippen LogP contribution in [0.1, 0.15) is 52.9 Å². The Kier molecular flexibility index (Phi) is 4.67. The van der Waals surface area contributed by atoms with E-state index in [1.165, 1.54) is 0 Å². The number of carbonyl (C=O) groups is 2. The van der Waals surface area contributed by atoms with E-state index in [4.69, 9.17) is 0 Å². The second-order valence-electron chi connectivity index (χ2n) is 6.08. The quantitative estimate of drug-likeness (QED) is 0.865. The molecule has 4 nitrogen and oxygen atoms in total. The number of hydrogen-bond acceptors (Lipinski definition) is 3. The molecule has 0 aromatic carbocycles. The van der Waals surface area contributed by atoms with Gasteiger partial charge >= 0.3 is 0 Å². The van der Waals surface area contributed by atoms with Crippen LogP contribution in [-0.4, -0.2) is 45.8 Å². The molecule has 2 fully saturated rings. The van der Waals surface area contributed by atoms with E-state index in [1.54, 1.807) is 0 Å². The summed E-state index contributed by atoms with van der Waals surface area (Å²) in [6.45, 7) is 5.81. The molecule has 0 spiro atoms. The molecule has 20 heavy (non-hydrogen) atoms. The van der Waals surface area contributed by atoms with Gasteiger partial charge in [-0.3, -0.25) is 9.59 Å². The zero-order valence-corrected chi connectivity index (χ0v) is 13.8. The van der Waals surface area contributed by atoms with Crippen LogP contribution in [0.3, 0.4) is 0 Å². The zero-order chi connectivity index (χ0) is 14.9. The van der Waals surface area contributed by atoms with Gasteiger partial charge in [0.15, 0.2) is 0 Å². The van der Waals surface area contributed by atoms with Crippen LogP contribution in [0.25, 0.3) is 0 Å². The van der Waals surface area contributed by atoms with Gasteiger partial charge in [0.05, 0.1) is 0 Å². The summed E-state index contributed by atoms with van der Waals surface area (Å²) >= 11 is 1.83.